The van der Waals surface area contributed by atoms with Gasteiger partial charge in [-0.3, -0.25) is 4.79 Å². The Balaban J connectivity index is 2.12. The Bertz CT molecular complexity index is 318. The van der Waals surface area contributed by atoms with Crippen LogP contribution in [0, 0.1) is 17.8 Å². The molecular formula is C7H10O4S. The van der Waals surface area contributed by atoms with Gasteiger partial charge in [-0.25, -0.2) is 8.42 Å². The molecule has 1 heterocycles. The van der Waals surface area contributed by atoms with E-state index in [2.05, 4.69) is 0 Å². The van der Waals surface area contributed by atoms with Gasteiger partial charge >= 0.3 is 5.97 Å². The molecule has 0 bridgehead atoms. The van der Waals surface area contributed by atoms with Gasteiger partial charge in [-0.2, -0.15) is 0 Å². The van der Waals surface area contributed by atoms with E-state index in [4.69, 9.17) is 5.11 Å². The molecule has 2 rings (SSSR count). The highest BCUT2D eigenvalue weighted by Gasteiger charge is 2.58. The monoisotopic (exact) mass is 190 g/mol. The second-order valence-electron chi connectivity index (χ2n) is 3.59. The van der Waals surface area contributed by atoms with Crippen LogP contribution in [0.4, 0.5) is 0 Å². The lowest BCUT2D eigenvalue weighted by atomic mass is 10.2. The van der Waals surface area contributed by atoms with Crippen LogP contribution in [0.2, 0.25) is 0 Å². The number of sulfone groups is 1. The predicted molar refractivity (Wildman–Crippen MR) is 41.4 cm³/mol. The zero-order chi connectivity index (χ0) is 8.93. The first kappa shape index (κ1) is 8.04. The average molecular weight is 190 g/mol. The molecule has 1 saturated carbocycles. The third-order valence-electron chi connectivity index (χ3n) is 2.83. The van der Waals surface area contributed by atoms with Crippen molar-refractivity contribution in [2.24, 2.45) is 17.8 Å². The highest BCUT2D eigenvalue weighted by atomic mass is 32.2. The van der Waals surface area contributed by atoms with Crippen molar-refractivity contribution in [1.29, 1.82) is 0 Å². The van der Waals surface area contributed by atoms with Crippen LogP contribution in [-0.4, -0.2) is 31.0 Å². The minimum absolute atomic E-state index is 0.0822. The van der Waals surface area contributed by atoms with Gasteiger partial charge in [0.2, 0.25) is 0 Å². The van der Waals surface area contributed by atoms with Crippen LogP contribution in [0.15, 0.2) is 0 Å². The van der Waals surface area contributed by atoms with Gasteiger partial charge in [0.15, 0.2) is 9.84 Å². The zero-order valence-electron chi connectivity index (χ0n) is 6.43. The molecule has 1 N–H and O–H groups in total. The minimum atomic E-state index is -2.92. The molecule has 12 heavy (non-hydrogen) atoms. The molecule has 1 saturated heterocycles. The summed E-state index contributed by atoms with van der Waals surface area (Å²) in [6.07, 6.45) is 0.546. The van der Waals surface area contributed by atoms with Gasteiger partial charge in [-0.1, -0.05) is 0 Å². The topological polar surface area (TPSA) is 71.4 Å². The largest absolute Gasteiger partial charge is 0.481 e. The highest BCUT2D eigenvalue weighted by Crippen LogP contribution is 2.52. The molecule has 0 spiro atoms. The Kier molecular flexibility index (Phi) is 1.49. The second kappa shape index (κ2) is 2.22. The van der Waals surface area contributed by atoms with E-state index in [-0.39, 0.29) is 29.3 Å². The molecule has 3 atom stereocenters. The van der Waals surface area contributed by atoms with Crippen LogP contribution in [0.25, 0.3) is 0 Å². The van der Waals surface area contributed by atoms with Crippen LogP contribution in [-0.2, 0) is 14.6 Å². The number of aliphatic carboxylic acids is 1. The molecule has 0 aromatic rings. The van der Waals surface area contributed by atoms with E-state index < -0.39 is 15.8 Å². The van der Waals surface area contributed by atoms with Crippen molar-refractivity contribution in [1.82, 2.24) is 0 Å². The van der Waals surface area contributed by atoms with E-state index >= 15 is 0 Å². The maximum absolute atomic E-state index is 11.1. The molecular weight excluding hydrogens is 180 g/mol. The number of hydrogen-bond donors (Lipinski definition) is 1. The van der Waals surface area contributed by atoms with Crippen LogP contribution in [0.1, 0.15) is 6.42 Å². The first-order valence-corrected chi connectivity index (χ1v) is 5.76. The van der Waals surface area contributed by atoms with Crippen LogP contribution in [0.5, 0.6) is 0 Å². The molecule has 0 unspecified atom stereocenters. The fourth-order valence-corrected chi connectivity index (χ4v) is 3.96. The molecule has 1 aliphatic heterocycles. The summed E-state index contributed by atoms with van der Waals surface area (Å²) in [7, 11) is -2.92. The molecule has 2 fully saturated rings. The predicted octanol–water partition coefficient (Wildman–Crippen LogP) is -0.248. The lowest BCUT2D eigenvalue weighted by Crippen LogP contribution is -2.18. The summed E-state index contributed by atoms with van der Waals surface area (Å²) < 4.78 is 22.1. The Labute approximate surface area is 70.5 Å². The first-order valence-electron chi connectivity index (χ1n) is 3.94. The van der Waals surface area contributed by atoms with E-state index in [0.29, 0.717) is 6.42 Å². The number of hydrogen-bond acceptors (Lipinski definition) is 3. The molecule has 1 aliphatic carbocycles. The molecule has 0 aromatic heterocycles. The summed E-state index contributed by atoms with van der Waals surface area (Å²) in [5.74, 6) is -0.872. The maximum Gasteiger partial charge on any atom is 0.307 e. The van der Waals surface area contributed by atoms with E-state index in [1.807, 2.05) is 0 Å². The van der Waals surface area contributed by atoms with Gasteiger partial charge in [0.05, 0.1) is 17.4 Å². The van der Waals surface area contributed by atoms with Crippen molar-refractivity contribution in [2.75, 3.05) is 11.5 Å². The van der Waals surface area contributed by atoms with E-state index in [1.54, 1.807) is 0 Å². The average Bonchev–Trinajstić information content (AvgIpc) is 2.58. The third-order valence-corrected chi connectivity index (χ3v) is 4.58. The number of carboxylic acid groups (broad SMARTS) is 1. The van der Waals surface area contributed by atoms with Crippen molar-refractivity contribution in [3.05, 3.63) is 0 Å². The van der Waals surface area contributed by atoms with Crippen LogP contribution >= 0.6 is 0 Å². The fraction of sp³-hybridized carbons (Fsp3) is 0.857. The molecule has 68 valence electrons. The second-order valence-corrected chi connectivity index (χ2v) is 5.82. The number of fused-ring (bicyclic) bond motifs is 1. The van der Waals surface area contributed by atoms with Crippen molar-refractivity contribution in [3.8, 4) is 0 Å². The standard InChI is InChI=1S/C7H10O4S/c8-7(9)6-4-1-2-12(10,11)3-5(4)6/h4-6H,1-3H2,(H,8,9)/t4-,5-,6+/m0/s1. The molecule has 0 amide bonds. The Morgan fingerprint density at radius 3 is 2.50 bits per heavy atom. The Morgan fingerprint density at radius 2 is 2.00 bits per heavy atom. The first-order chi connectivity index (χ1) is 5.51. The van der Waals surface area contributed by atoms with Gasteiger partial charge in [0.25, 0.3) is 0 Å². The summed E-state index contributed by atoms with van der Waals surface area (Å²) in [6.45, 7) is 0. The zero-order valence-corrected chi connectivity index (χ0v) is 7.25. The highest BCUT2D eigenvalue weighted by molar-refractivity contribution is 7.91. The summed E-state index contributed by atoms with van der Waals surface area (Å²) in [6, 6.07) is 0. The molecule has 0 aromatic carbocycles. The quantitative estimate of drug-likeness (QED) is 0.619. The normalized spacial score (nSPS) is 43.2. The van der Waals surface area contributed by atoms with Gasteiger partial charge in [-0.05, 0) is 18.3 Å². The number of carboxylic acids is 1. The molecule has 0 radical (unpaired) electrons. The third kappa shape index (κ3) is 1.12. The van der Waals surface area contributed by atoms with E-state index in [0.717, 1.165) is 0 Å². The summed E-state index contributed by atoms with van der Waals surface area (Å²) in [5, 5.41) is 8.66. The minimum Gasteiger partial charge on any atom is -0.481 e. The Morgan fingerprint density at radius 1 is 1.33 bits per heavy atom. The van der Waals surface area contributed by atoms with Gasteiger partial charge in [0, 0.05) is 0 Å². The smallest absolute Gasteiger partial charge is 0.307 e. The maximum atomic E-state index is 11.1. The molecule has 2 aliphatic rings. The lowest BCUT2D eigenvalue weighted by molar-refractivity contribution is -0.139. The van der Waals surface area contributed by atoms with Gasteiger partial charge in [-0.15, -0.1) is 0 Å². The number of carbonyl (C=O) groups is 1. The SMILES string of the molecule is O=C(O)[C@@H]1[C@H]2CCS(=O)(=O)C[C@@H]21. The van der Waals surface area contributed by atoms with Gasteiger partial charge in [0.1, 0.15) is 0 Å². The lowest BCUT2D eigenvalue weighted by Gasteiger charge is -2.07. The molecule has 5 heteroatoms. The number of rotatable bonds is 1. The van der Waals surface area contributed by atoms with Crippen molar-refractivity contribution < 1.29 is 18.3 Å². The van der Waals surface area contributed by atoms with Crippen molar-refractivity contribution in [3.63, 3.8) is 0 Å². The fourth-order valence-electron chi connectivity index (χ4n) is 2.12. The Hall–Kier alpha value is -0.580. The van der Waals surface area contributed by atoms with Crippen molar-refractivity contribution in [2.45, 2.75) is 6.42 Å². The van der Waals surface area contributed by atoms with E-state index in [1.165, 1.54) is 0 Å². The van der Waals surface area contributed by atoms with Crippen molar-refractivity contribution >= 4 is 15.8 Å². The van der Waals surface area contributed by atoms with Crippen LogP contribution < -0.4 is 0 Å². The summed E-state index contributed by atoms with van der Waals surface area (Å²) >= 11 is 0. The van der Waals surface area contributed by atoms with E-state index in [9.17, 15) is 13.2 Å². The summed E-state index contributed by atoms with van der Waals surface area (Å²) in [4.78, 5) is 10.5. The molecule has 4 nitrogen and oxygen atoms in total. The summed E-state index contributed by atoms with van der Waals surface area (Å²) in [5.41, 5.74) is 0. The van der Waals surface area contributed by atoms with Crippen LogP contribution in [0.3, 0.4) is 0 Å². The van der Waals surface area contributed by atoms with Gasteiger partial charge < -0.3 is 5.11 Å².